The van der Waals surface area contributed by atoms with E-state index in [0.29, 0.717) is 11.3 Å². The molecule has 0 atom stereocenters. The van der Waals surface area contributed by atoms with E-state index in [1.54, 1.807) is 31.4 Å². The average molecular weight is 278 g/mol. The Kier molecular flexibility index (Phi) is 3.51. The van der Waals surface area contributed by atoms with Gasteiger partial charge in [-0.25, -0.2) is 0 Å². The Labute approximate surface area is 122 Å². The number of amides is 1. The molecule has 0 saturated carbocycles. The Balaban J connectivity index is 1.97. The summed E-state index contributed by atoms with van der Waals surface area (Å²) in [5.74, 6) is 1.20. The highest BCUT2D eigenvalue weighted by Gasteiger charge is 2.07. The molecule has 0 fully saturated rings. The monoisotopic (exact) mass is 278 g/mol. The minimum absolute atomic E-state index is 0.139. The summed E-state index contributed by atoms with van der Waals surface area (Å²) in [5, 5.41) is 3.53. The van der Waals surface area contributed by atoms with Gasteiger partial charge in [0.05, 0.1) is 5.52 Å². The van der Waals surface area contributed by atoms with Crippen LogP contribution in [0.1, 0.15) is 10.4 Å². The van der Waals surface area contributed by atoms with E-state index in [4.69, 9.17) is 4.74 Å². The molecular formula is C17H14N2O2. The molecular weight excluding hydrogens is 264 g/mol. The molecule has 0 bridgehead atoms. The van der Waals surface area contributed by atoms with Crippen LogP contribution in [0.25, 0.3) is 10.9 Å². The van der Waals surface area contributed by atoms with E-state index in [-0.39, 0.29) is 5.91 Å². The number of carbonyl (C=O) groups excluding carboxylic acids is 1. The van der Waals surface area contributed by atoms with Crippen LogP contribution in [0.5, 0.6) is 11.5 Å². The zero-order valence-corrected chi connectivity index (χ0v) is 11.5. The van der Waals surface area contributed by atoms with Crippen LogP contribution >= 0.6 is 0 Å². The quantitative estimate of drug-likeness (QED) is 0.799. The van der Waals surface area contributed by atoms with E-state index in [0.717, 1.165) is 16.7 Å². The third-order valence-electron chi connectivity index (χ3n) is 3.16. The van der Waals surface area contributed by atoms with Crippen molar-refractivity contribution in [2.24, 2.45) is 0 Å². The third-order valence-corrected chi connectivity index (χ3v) is 3.16. The maximum atomic E-state index is 11.7. The molecule has 0 radical (unpaired) electrons. The molecule has 3 rings (SSSR count). The first-order valence-corrected chi connectivity index (χ1v) is 6.61. The molecule has 0 aliphatic heterocycles. The van der Waals surface area contributed by atoms with Crippen molar-refractivity contribution in [1.82, 2.24) is 10.3 Å². The Morgan fingerprint density at radius 3 is 2.81 bits per heavy atom. The van der Waals surface area contributed by atoms with Gasteiger partial charge in [-0.05, 0) is 36.4 Å². The second-order valence-corrected chi connectivity index (χ2v) is 4.54. The summed E-state index contributed by atoms with van der Waals surface area (Å²) < 4.78 is 5.91. The number of rotatable bonds is 3. The SMILES string of the molecule is CNC(=O)c1cccc(Oc2ccnc3ccccc23)c1. The molecule has 2 aromatic carbocycles. The summed E-state index contributed by atoms with van der Waals surface area (Å²) >= 11 is 0. The molecule has 104 valence electrons. The van der Waals surface area contributed by atoms with Gasteiger partial charge in [-0.2, -0.15) is 0 Å². The van der Waals surface area contributed by atoms with Gasteiger partial charge in [-0.3, -0.25) is 9.78 Å². The highest BCUT2D eigenvalue weighted by molar-refractivity contribution is 5.94. The van der Waals surface area contributed by atoms with Gasteiger partial charge >= 0.3 is 0 Å². The number of aromatic nitrogens is 1. The third kappa shape index (κ3) is 2.69. The molecule has 1 aromatic heterocycles. The molecule has 4 nitrogen and oxygen atoms in total. The summed E-state index contributed by atoms with van der Waals surface area (Å²) in [6.07, 6.45) is 1.71. The smallest absolute Gasteiger partial charge is 0.251 e. The zero-order chi connectivity index (χ0) is 14.7. The molecule has 1 heterocycles. The van der Waals surface area contributed by atoms with Gasteiger partial charge in [0.2, 0.25) is 0 Å². The number of carbonyl (C=O) groups is 1. The predicted molar refractivity (Wildman–Crippen MR) is 81.6 cm³/mol. The van der Waals surface area contributed by atoms with Crippen molar-refractivity contribution in [2.45, 2.75) is 0 Å². The number of pyridine rings is 1. The van der Waals surface area contributed by atoms with Gasteiger partial charge in [0, 0.05) is 24.2 Å². The number of nitrogens with zero attached hydrogens (tertiary/aromatic N) is 1. The van der Waals surface area contributed by atoms with Gasteiger partial charge in [0.15, 0.2) is 0 Å². The lowest BCUT2D eigenvalue weighted by atomic mass is 10.2. The van der Waals surface area contributed by atoms with Crippen LogP contribution in [0.2, 0.25) is 0 Å². The molecule has 0 saturated heterocycles. The van der Waals surface area contributed by atoms with Crippen molar-refractivity contribution in [3.63, 3.8) is 0 Å². The highest BCUT2D eigenvalue weighted by atomic mass is 16.5. The normalized spacial score (nSPS) is 10.3. The van der Waals surface area contributed by atoms with Crippen LogP contribution in [0, 0.1) is 0 Å². The summed E-state index contributed by atoms with van der Waals surface area (Å²) in [6, 6.07) is 16.7. The Hall–Kier alpha value is -2.88. The fourth-order valence-corrected chi connectivity index (χ4v) is 2.13. The fourth-order valence-electron chi connectivity index (χ4n) is 2.13. The molecule has 3 aromatic rings. The van der Waals surface area contributed by atoms with Crippen molar-refractivity contribution < 1.29 is 9.53 Å². The number of para-hydroxylation sites is 1. The highest BCUT2D eigenvalue weighted by Crippen LogP contribution is 2.28. The van der Waals surface area contributed by atoms with Gasteiger partial charge < -0.3 is 10.1 Å². The summed E-state index contributed by atoms with van der Waals surface area (Å²) in [6.45, 7) is 0. The number of benzene rings is 2. The second kappa shape index (κ2) is 5.63. The van der Waals surface area contributed by atoms with E-state index in [9.17, 15) is 4.79 Å². The van der Waals surface area contributed by atoms with Crippen LogP contribution in [-0.2, 0) is 0 Å². The predicted octanol–water partition coefficient (Wildman–Crippen LogP) is 3.39. The lowest BCUT2D eigenvalue weighted by molar-refractivity contribution is 0.0963. The van der Waals surface area contributed by atoms with Crippen molar-refractivity contribution in [1.29, 1.82) is 0 Å². The van der Waals surface area contributed by atoms with Crippen molar-refractivity contribution >= 4 is 16.8 Å². The number of hydrogen-bond donors (Lipinski definition) is 1. The van der Waals surface area contributed by atoms with Gasteiger partial charge in [0.1, 0.15) is 11.5 Å². The standard InChI is InChI=1S/C17H14N2O2/c1-18-17(20)12-5-4-6-13(11-12)21-16-9-10-19-15-8-3-2-7-14(15)16/h2-11H,1H3,(H,18,20). The molecule has 4 heteroatoms. The van der Waals surface area contributed by atoms with Gasteiger partial charge in [0.25, 0.3) is 5.91 Å². The summed E-state index contributed by atoms with van der Waals surface area (Å²) in [5.41, 5.74) is 1.44. The molecule has 0 unspecified atom stereocenters. The lowest BCUT2D eigenvalue weighted by Gasteiger charge is -2.09. The molecule has 1 N–H and O–H groups in total. The molecule has 21 heavy (non-hydrogen) atoms. The first-order valence-electron chi connectivity index (χ1n) is 6.61. The van der Waals surface area contributed by atoms with Crippen molar-refractivity contribution in [3.8, 4) is 11.5 Å². The van der Waals surface area contributed by atoms with E-state index >= 15 is 0 Å². The summed E-state index contributed by atoms with van der Waals surface area (Å²) in [4.78, 5) is 16.0. The van der Waals surface area contributed by atoms with Crippen LogP contribution in [0.15, 0.2) is 60.8 Å². The molecule has 0 aliphatic rings. The van der Waals surface area contributed by atoms with Crippen LogP contribution in [0.3, 0.4) is 0 Å². The number of ether oxygens (including phenoxy) is 1. The van der Waals surface area contributed by atoms with Crippen LogP contribution in [0.4, 0.5) is 0 Å². The van der Waals surface area contributed by atoms with Crippen molar-refractivity contribution in [2.75, 3.05) is 7.05 Å². The Bertz CT molecular complexity index is 794. The van der Waals surface area contributed by atoms with Crippen LogP contribution in [-0.4, -0.2) is 17.9 Å². The molecule has 0 spiro atoms. The minimum atomic E-state index is -0.139. The minimum Gasteiger partial charge on any atom is -0.457 e. The second-order valence-electron chi connectivity index (χ2n) is 4.54. The lowest BCUT2D eigenvalue weighted by Crippen LogP contribution is -2.17. The number of fused-ring (bicyclic) bond motifs is 1. The average Bonchev–Trinajstić information content (AvgIpc) is 2.55. The Morgan fingerprint density at radius 1 is 1.10 bits per heavy atom. The fraction of sp³-hybridized carbons (Fsp3) is 0.0588. The molecule has 0 aliphatic carbocycles. The molecule has 1 amide bonds. The van der Waals surface area contributed by atoms with Gasteiger partial charge in [-0.1, -0.05) is 18.2 Å². The maximum absolute atomic E-state index is 11.7. The van der Waals surface area contributed by atoms with Crippen LogP contribution < -0.4 is 10.1 Å². The Morgan fingerprint density at radius 2 is 1.95 bits per heavy atom. The first-order chi connectivity index (χ1) is 10.3. The van der Waals surface area contributed by atoms with Gasteiger partial charge in [-0.15, -0.1) is 0 Å². The summed E-state index contributed by atoms with van der Waals surface area (Å²) in [7, 11) is 1.60. The van der Waals surface area contributed by atoms with E-state index in [1.807, 2.05) is 36.4 Å². The first kappa shape index (κ1) is 13.1. The number of nitrogens with one attached hydrogen (secondary N) is 1. The van der Waals surface area contributed by atoms with Crippen molar-refractivity contribution in [3.05, 3.63) is 66.4 Å². The maximum Gasteiger partial charge on any atom is 0.251 e. The van der Waals surface area contributed by atoms with E-state index in [1.165, 1.54) is 0 Å². The largest absolute Gasteiger partial charge is 0.457 e. The number of hydrogen-bond acceptors (Lipinski definition) is 3. The topological polar surface area (TPSA) is 51.2 Å². The van der Waals surface area contributed by atoms with E-state index < -0.39 is 0 Å². The van der Waals surface area contributed by atoms with E-state index in [2.05, 4.69) is 10.3 Å². The zero-order valence-electron chi connectivity index (χ0n) is 11.5.